The van der Waals surface area contributed by atoms with Crippen molar-refractivity contribution in [2.24, 2.45) is 7.05 Å². The third kappa shape index (κ3) is 4.81. The van der Waals surface area contributed by atoms with Gasteiger partial charge in [0.1, 0.15) is 0 Å². The lowest BCUT2D eigenvalue weighted by Crippen LogP contribution is -2.15. The molecule has 0 saturated carbocycles. The highest BCUT2D eigenvalue weighted by atomic mass is 32.2. The van der Waals surface area contributed by atoms with Crippen molar-refractivity contribution in [2.45, 2.75) is 23.0 Å². The third-order valence-corrected chi connectivity index (χ3v) is 4.64. The molecule has 108 valence electrons. The molecule has 20 heavy (non-hydrogen) atoms. The Morgan fingerprint density at radius 3 is 2.70 bits per heavy atom. The topological polar surface area (TPSA) is 55.6 Å². The highest BCUT2D eigenvalue weighted by molar-refractivity contribution is 7.99. The van der Waals surface area contributed by atoms with Gasteiger partial charge < -0.3 is 5.32 Å². The second kappa shape index (κ2) is 8.28. The smallest absolute Gasteiger partial charge is 0.209 e. The fraction of sp³-hybridized carbons (Fsp3) is 0.462. The lowest BCUT2D eigenvalue weighted by atomic mass is 10.2. The maximum absolute atomic E-state index is 3.94. The Morgan fingerprint density at radius 1 is 1.25 bits per heavy atom. The summed E-state index contributed by atoms with van der Waals surface area (Å²) in [7, 11) is 1.86. The Kier molecular flexibility index (Phi) is 6.35. The van der Waals surface area contributed by atoms with Crippen LogP contribution in [0.4, 0.5) is 0 Å². The van der Waals surface area contributed by atoms with E-state index in [1.54, 1.807) is 28.2 Å². The summed E-state index contributed by atoms with van der Waals surface area (Å²) in [5.74, 6) is 1.02. The minimum atomic E-state index is 0.873. The van der Waals surface area contributed by atoms with E-state index in [1.807, 2.05) is 7.05 Å². The summed E-state index contributed by atoms with van der Waals surface area (Å²) >= 11 is 3.46. The van der Waals surface area contributed by atoms with Gasteiger partial charge in [-0.3, -0.25) is 0 Å². The Balaban J connectivity index is 1.58. The summed E-state index contributed by atoms with van der Waals surface area (Å²) in [6, 6.07) is 8.69. The second-order valence-electron chi connectivity index (χ2n) is 4.31. The number of nitrogens with zero attached hydrogens (tertiary/aromatic N) is 4. The summed E-state index contributed by atoms with van der Waals surface area (Å²) in [6.07, 6.45) is 3.19. The zero-order valence-electron chi connectivity index (χ0n) is 11.7. The molecule has 7 heteroatoms. The van der Waals surface area contributed by atoms with Crippen LogP contribution in [0.3, 0.4) is 0 Å². The van der Waals surface area contributed by atoms with Gasteiger partial charge in [-0.25, -0.2) is 4.68 Å². The summed E-state index contributed by atoms with van der Waals surface area (Å²) in [5.41, 5.74) is 1.33. The SMILES string of the molecule is CSc1ccc(CNCCCSc2nnnn2C)cc1. The lowest BCUT2D eigenvalue weighted by Gasteiger charge is -2.05. The van der Waals surface area contributed by atoms with Gasteiger partial charge in [0.25, 0.3) is 0 Å². The predicted molar refractivity (Wildman–Crippen MR) is 84.1 cm³/mol. The van der Waals surface area contributed by atoms with Gasteiger partial charge >= 0.3 is 0 Å². The van der Waals surface area contributed by atoms with Gasteiger partial charge in [0.05, 0.1) is 0 Å². The van der Waals surface area contributed by atoms with E-state index in [2.05, 4.69) is 51.4 Å². The van der Waals surface area contributed by atoms with Crippen molar-refractivity contribution in [3.8, 4) is 0 Å². The van der Waals surface area contributed by atoms with Crippen molar-refractivity contribution in [3.05, 3.63) is 29.8 Å². The average molecular weight is 309 g/mol. The molecule has 0 aliphatic rings. The van der Waals surface area contributed by atoms with Gasteiger partial charge in [0, 0.05) is 24.2 Å². The normalized spacial score (nSPS) is 10.9. The monoisotopic (exact) mass is 309 g/mol. The first kappa shape index (κ1) is 15.3. The third-order valence-electron chi connectivity index (χ3n) is 2.80. The Morgan fingerprint density at radius 2 is 2.05 bits per heavy atom. The zero-order valence-corrected chi connectivity index (χ0v) is 13.4. The fourth-order valence-electron chi connectivity index (χ4n) is 1.68. The first-order chi connectivity index (χ1) is 9.79. The molecule has 1 heterocycles. The van der Waals surface area contributed by atoms with E-state index in [9.17, 15) is 0 Å². The number of tetrazole rings is 1. The molecule has 0 unspecified atom stereocenters. The van der Waals surface area contributed by atoms with E-state index in [0.717, 1.165) is 30.4 Å². The highest BCUT2D eigenvalue weighted by Crippen LogP contribution is 2.15. The molecule has 0 aliphatic carbocycles. The van der Waals surface area contributed by atoms with Crippen molar-refractivity contribution < 1.29 is 0 Å². The van der Waals surface area contributed by atoms with Gasteiger partial charge in [-0.2, -0.15) is 0 Å². The molecule has 2 aromatic rings. The van der Waals surface area contributed by atoms with Crippen molar-refractivity contribution in [1.82, 2.24) is 25.5 Å². The van der Waals surface area contributed by atoms with Crippen LogP contribution in [0, 0.1) is 0 Å². The quantitative estimate of drug-likeness (QED) is 0.596. The Bertz CT molecular complexity index is 512. The molecule has 0 radical (unpaired) electrons. The molecule has 0 bridgehead atoms. The van der Waals surface area contributed by atoms with Gasteiger partial charge in [0.15, 0.2) is 0 Å². The van der Waals surface area contributed by atoms with Crippen molar-refractivity contribution >= 4 is 23.5 Å². The molecule has 2 rings (SSSR count). The predicted octanol–water partition coefficient (Wildman–Crippen LogP) is 2.20. The number of rotatable bonds is 8. The molecule has 5 nitrogen and oxygen atoms in total. The molecular weight excluding hydrogens is 290 g/mol. The van der Waals surface area contributed by atoms with Crippen LogP contribution in [0.1, 0.15) is 12.0 Å². The molecule has 0 saturated heterocycles. The molecule has 1 aromatic carbocycles. The van der Waals surface area contributed by atoms with Gasteiger partial charge in [-0.05, 0) is 47.3 Å². The van der Waals surface area contributed by atoms with Gasteiger partial charge in [-0.15, -0.1) is 16.9 Å². The van der Waals surface area contributed by atoms with E-state index in [4.69, 9.17) is 0 Å². The number of aryl methyl sites for hydroxylation is 1. The van der Waals surface area contributed by atoms with E-state index >= 15 is 0 Å². The van der Waals surface area contributed by atoms with Crippen molar-refractivity contribution in [3.63, 3.8) is 0 Å². The van der Waals surface area contributed by atoms with Gasteiger partial charge in [-0.1, -0.05) is 23.9 Å². The average Bonchev–Trinajstić information content (AvgIpc) is 2.89. The number of benzene rings is 1. The lowest BCUT2D eigenvalue weighted by molar-refractivity contribution is 0.661. The second-order valence-corrected chi connectivity index (χ2v) is 6.25. The summed E-state index contributed by atoms with van der Waals surface area (Å²) in [5, 5.41) is 15.7. The Hall–Kier alpha value is -1.05. The molecular formula is C13H19N5S2. The number of nitrogens with one attached hydrogen (secondary N) is 1. The largest absolute Gasteiger partial charge is 0.313 e. The molecule has 1 N–H and O–H groups in total. The van der Waals surface area contributed by atoms with E-state index in [0.29, 0.717) is 0 Å². The highest BCUT2D eigenvalue weighted by Gasteiger charge is 2.01. The standard InChI is InChI=1S/C13H19N5S2/c1-18-13(15-16-17-18)20-9-3-8-14-10-11-4-6-12(19-2)7-5-11/h4-7,14H,3,8-10H2,1-2H3. The first-order valence-corrected chi connectivity index (χ1v) is 8.69. The zero-order chi connectivity index (χ0) is 14.2. The van der Waals surface area contributed by atoms with Crippen LogP contribution in [-0.4, -0.2) is 38.8 Å². The minimum Gasteiger partial charge on any atom is -0.313 e. The summed E-state index contributed by atoms with van der Waals surface area (Å²) < 4.78 is 1.70. The van der Waals surface area contributed by atoms with Gasteiger partial charge in [0.2, 0.25) is 5.16 Å². The van der Waals surface area contributed by atoms with E-state index < -0.39 is 0 Å². The van der Waals surface area contributed by atoms with Crippen molar-refractivity contribution in [2.75, 3.05) is 18.6 Å². The molecule has 0 fully saturated rings. The first-order valence-electron chi connectivity index (χ1n) is 6.48. The molecule has 1 aromatic heterocycles. The van der Waals surface area contributed by atoms with Crippen LogP contribution in [0.25, 0.3) is 0 Å². The molecule has 0 amide bonds. The summed E-state index contributed by atoms with van der Waals surface area (Å²) in [6.45, 7) is 1.92. The Labute approximate surface area is 127 Å². The van der Waals surface area contributed by atoms with Crippen LogP contribution in [-0.2, 0) is 13.6 Å². The summed E-state index contributed by atoms with van der Waals surface area (Å²) in [4.78, 5) is 1.31. The fourth-order valence-corrected chi connectivity index (χ4v) is 2.88. The number of aromatic nitrogens is 4. The van der Waals surface area contributed by atoms with Crippen molar-refractivity contribution in [1.29, 1.82) is 0 Å². The van der Waals surface area contributed by atoms with Crippen LogP contribution < -0.4 is 5.32 Å². The molecule has 0 aliphatic heterocycles. The van der Waals surface area contributed by atoms with E-state index in [-0.39, 0.29) is 0 Å². The van der Waals surface area contributed by atoms with Crippen LogP contribution in [0.15, 0.2) is 34.3 Å². The minimum absolute atomic E-state index is 0.873. The number of hydrogen-bond donors (Lipinski definition) is 1. The number of thioether (sulfide) groups is 2. The molecule has 0 spiro atoms. The maximum atomic E-state index is 3.94. The number of hydrogen-bond acceptors (Lipinski definition) is 6. The van der Waals surface area contributed by atoms with Crippen LogP contribution >= 0.6 is 23.5 Å². The molecule has 0 atom stereocenters. The van der Waals surface area contributed by atoms with E-state index in [1.165, 1.54) is 10.5 Å². The van der Waals surface area contributed by atoms with Crippen LogP contribution in [0.2, 0.25) is 0 Å². The maximum Gasteiger partial charge on any atom is 0.209 e. The van der Waals surface area contributed by atoms with Crippen LogP contribution in [0.5, 0.6) is 0 Å².